The van der Waals surface area contributed by atoms with E-state index < -0.39 is 11.5 Å². The predicted octanol–water partition coefficient (Wildman–Crippen LogP) is 2.90. The summed E-state index contributed by atoms with van der Waals surface area (Å²) in [7, 11) is 0. The molecule has 0 atom stereocenters. The highest BCUT2D eigenvalue weighted by Gasteiger charge is 2.42. The van der Waals surface area contributed by atoms with E-state index in [1.165, 1.54) is 0 Å². The van der Waals surface area contributed by atoms with Crippen molar-refractivity contribution in [2.45, 2.75) is 44.1 Å². The van der Waals surface area contributed by atoms with Gasteiger partial charge in [-0.3, -0.25) is 4.79 Å². The van der Waals surface area contributed by atoms with Crippen LogP contribution in [0.1, 0.15) is 37.7 Å². The summed E-state index contributed by atoms with van der Waals surface area (Å²) < 4.78 is 0.980. The molecule has 0 saturated heterocycles. The fourth-order valence-corrected chi connectivity index (χ4v) is 3.10. The first-order valence-corrected chi connectivity index (χ1v) is 7.60. The van der Waals surface area contributed by atoms with E-state index in [0.29, 0.717) is 25.7 Å². The van der Waals surface area contributed by atoms with E-state index in [4.69, 9.17) is 0 Å². The molecule has 1 amide bonds. The molecule has 20 heavy (non-hydrogen) atoms. The van der Waals surface area contributed by atoms with Gasteiger partial charge in [0, 0.05) is 10.9 Å². The molecule has 0 bridgehead atoms. The second-order valence-corrected chi connectivity index (χ2v) is 6.19. The van der Waals surface area contributed by atoms with Crippen LogP contribution < -0.4 is 5.32 Å². The lowest BCUT2D eigenvalue weighted by atomic mass is 9.97. The Morgan fingerprint density at radius 2 is 2.00 bits per heavy atom. The maximum Gasteiger partial charge on any atom is 0.329 e. The average Bonchev–Trinajstić information content (AvgIpc) is 2.86. The molecule has 1 aromatic rings. The average molecular weight is 340 g/mol. The van der Waals surface area contributed by atoms with Gasteiger partial charge < -0.3 is 10.4 Å². The van der Waals surface area contributed by atoms with Crippen molar-refractivity contribution in [3.63, 3.8) is 0 Å². The van der Waals surface area contributed by atoms with Crippen LogP contribution in [0, 0.1) is 0 Å². The maximum absolute atomic E-state index is 12.0. The second-order valence-electron chi connectivity index (χ2n) is 5.27. The first-order chi connectivity index (χ1) is 9.52. The predicted molar refractivity (Wildman–Crippen MR) is 79.4 cm³/mol. The Morgan fingerprint density at radius 3 is 2.60 bits per heavy atom. The summed E-state index contributed by atoms with van der Waals surface area (Å²) in [6.45, 7) is 0. The molecule has 1 fully saturated rings. The topological polar surface area (TPSA) is 66.4 Å². The first kappa shape index (κ1) is 15.0. The molecule has 0 radical (unpaired) electrons. The number of carbonyl (C=O) groups excluding carboxylic acids is 1. The minimum absolute atomic E-state index is 0.186. The van der Waals surface area contributed by atoms with Gasteiger partial charge in [0.25, 0.3) is 0 Å². The van der Waals surface area contributed by atoms with E-state index in [-0.39, 0.29) is 5.91 Å². The number of halogens is 1. The summed E-state index contributed by atoms with van der Waals surface area (Å²) in [5, 5.41) is 12.0. The quantitative estimate of drug-likeness (QED) is 0.866. The lowest BCUT2D eigenvalue weighted by molar-refractivity contribution is -0.147. The van der Waals surface area contributed by atoms with Crippen LogP contribution in [0.2, 0.25) is 0 Å². The van der Waals surface area contributed by atoms with Crippen molar-refractivity contribution in [2.24, 2.45) is 0 Å². The molecule has 5 heteroatoms. The number of hydrogen-bond donors (Lipinski definition) is 2. The Labute approximate surface area is 126 Å². The van der Waals surface area contributed by atoms with Gasteiger partial charge in [-0.2, -0.15) is 0 Å². The Bertz CT molecular complexity index is 510. The van der Waals surface area contributed by atoms with Crippen LogP contribution in [-0.4, -0.2) is 22.5 Å². The van der Waals surface area contributed by atoms with Crippen LogP contribution in [0.3, 0.4) is 0 Å². The summed E-state index contributed by atoms with van der Waals surface area (Å²) in [5.74, 6) is -1.10. The Morgan fingerprint density at radius 1 is 1.30 bits per heavy atom. The zero-order chi connectivity index (χ0) is 14.6. The molecule has 0 spiro atoms. The van der Waals surface area contributed by atoms with Gasteiger partial charge in [0.1, 0.15) is 5.54 Å². The van der Waals surface area contributed by atoms with Crippen molar-refractivity contribution in [3.05, 3.63) is 34.3 Å². The smallest absolute Gasteiger partial charge is 0.329 e. The third-order valence-corrected chi connectivity index (χ3v) is 4.27. The molecule has 4 nitrogen and oxygen atoms in total. The highest BCUT2D eigenvalue weighted by molar-refractivity contribution is 9.10. The van der Waals surface area contributed by atoms with Crippen molar-refractivity contribution in [3.8, 4) is 0 Å². The van der Waals surface area contributed by atoms with Crippen LogP contribution in [0.5, 0.6) is 0 Å². The molecule has 1 aliphatic rings. The molecule has 1 saturated carbocycles. The van der Waals surface area contributed by atoms with Gasteiger partial charge in [-0.15, -0.1) is 0 Å². The van der Waals surface area contributed by atoms with Gasteiger partial charge in [0.05, 0.1) is 0 Å². The highest BCUT2D eigenvalue weighted by atomic mass is 79.9. The zero-order valence-electron chi connectivity index (χ0n) is 11.2. The number of carboxylic acid groups (broad SMARTS) is 1. The number of amides is 1. The highest BCUT2D eigenvalue weighted by Crippen LogP contribution is 2.30. The van der Waals surface area contributed by atoms with Crippen molar-refractivity contribution in [1.82, 2.24) is 5.32 Å². The molecule has 2 rings (SSSR count). The van der Waals surface area contributed by atoms with Crippen molar-refractivity contribution >= 4 is 27.8 Å². The first-order valence-electron chi connectivity index (χ1n) is 6.81. The van der Waals surface area contributed by atoms with Crippen molar-refractivity contribution < 1.29 is 14.7 Å². The van der Waals surface area contributed by atoms with Crippen LogP contribution in [0.15, 0.2) is 28.7 Å². The molecular weight excluding hydrogens is 322 g/mol. The molecule has 108 valence electrons. The molecule has 0 unspecified atom stereocenters. The minimum Gasteiger partial charge on any atom is -0.480 e. The lowest BCUT2D eigenvalue weighted by Crippen LogP contribution is -2.52. The fraction of sp³-hybridized carbons (Fsp3) is 0.467. The number of aryl methyl sites for hydroxylation is 1. The van der Waals surface area contributed by atoms with Crippen molar-refractivity contribution in [2.75, 3.05) is 0 Å². The van der Waals surface area contributed by atoms with Crippen LogP contribution in [0.25, 0.3) is 0 Å². The van der Waals surface area contributed by atoms with E-state index in [2.05, 4.69) is 21.2 Å². The zero-order valence-corrected chi connectivity index (χ0v) is 12.8. The Kier molecular flexibility index (Phi) is 4.81. The number of aliphatic carboxylic acids is 1. The summed E-state index contributed by atoms with van der Waals surface area (Å²) in [6.07, 6.45) is 3.71. The third kappa shape index (κ3) is 3.60. The van der Waals surface area contributed by atoms with Crippen LogP contribution in [0.4, 0.5) is 0 Å². The number of carboxylic acids is 1. The molecule has 1 aromatic carbocycles. The Balaban J connectivity index is 1.90. The number of nitrogens with one attached hydrogen (secondary N) is 1. The van der Waals surface area contributed by atoms with Crippen LogP contribution in [-0.2, 0) is 16.0 Å². The maximum atomic E-state index is 12.0. The molecule has 0 aliphatic heterocycles. The largest absolute Gasteiger partial charge is 0.480 e. The number of hydrogen-bond acceptors (Lipinski definition) is 2. The van der Waals surface area contributed by atoms with Crippen molar-refractivity contribution in [1.29, 1.82) is 0 Å². The van der Waals surface area contributed by atoms with Gasteiger partial charge >= 0.3 is 5.97 Å². The second kappa shape index (κ2) is 6.39. The van der Waals surface area contributed by atoms with E-state index in [0.717, 1.165) is 22.9 Å². The minimum atomic E-state index is -1.03. The fourth-order valence-electron chi connectivity index (χ4n) is 2.65. The standard InChI is InChI=1S/C15H18BrNO3/c16-12-5-3-4-11(10-12)6-7-13(18)17-15(14(19)20)8-1-2-9-15/h3-5,10H,1-2,6-9H2,(H,17,18)(H,19,20). The van der Waals surface area contributed by atoms with E-state index in [9.17, 15) is 14.7 Å². The third-order valence-electron chi connectivity index (χ3n) is 3.77. The molecular formula is C15H18BrNO3. The SMILES string of the molecule is O=C(CCc1cccc(Br)c1)NC1(C(=O)O)CCCC1. The molecule has 0 heterocycles. The number of benzene rings is 1. The summed E-state index contributed by atoms with van der Waals surface area (Å²) >= 11 is 3.39. The number of rotatable bonds is 5. The van der Waals surface area contributed by atoms with Gasteiger partial charge in [-0.25, -0.2) is 4.79 Å². The molecule has 2 N–H and O–H groups in total. The molecule has 0 aromatic heterocycles. The summed E-state index contributed by atoms with van der Waals surface area (Å²) in [6, 6.07) is 7.78. The normalized spacial score (nSPS) is 16.9. The van der Waals surface area contributed by atoms with E-state index in [1.54, 1.807) is 0 Å². The van der Waals surface area contributed by atoms with E-state index >= 15 is 0 Å². The van der Waals surface area contributed by atoms with Gasteiger partial charge in [-0.05, 0) is 37.0 Å². The summed E-state index contributed by atoms with van der Waals surface area (Å²) in [5.41, 5.74) is 0.0271. The van der Waals surface area contributed by atoms with Crippen LogP contribution >= 0.6 is 15.9 Å². The van der Waals surface area contributed by atoms with Gasteiger partial charge in [0.2, 0.25) is 5.91 Å². The van der Waals surface area contributed by atoms with E-state index in [1.807, 2.05) is 24.3 Å². The monoisotopic (exact) mass is 339 g/mol. The lowest BCUT2D eigenvalue weighted by Gasteiger charge is -2.25. The van der Waals surface area contributed by atoms with Gasteiger partial charge in [0.15, 0.2) is 0 Å². The Hall–Kier alpha value is -1.36. The molecule has 1 aliphatic carbocycles. The van der Waals surface area contributed by atoms with Gasteiger partial charge in [-0.1, -0.05) is 40.9 Å². The summed E-state index contributed by atoms with van der Waals surface area (Å²) in [4.78, 5) is 23.3. The number of carbonyl (C=O) groups is 2.